The van der Waals surface area contributed by atoms with E-state index in [4.69, 9.17) is 0 Å². The second kappa shape index (κ2) is 8.06. The maximum atomic E-state index is 13.8. The van der Waals surface area contributed by atoms with Crippen molar-refractivity contribution in [3.05, 3.63) is 83.4 Å². The first-order valence-electron chi connectivity index (χ1n) is 10.9. The molecule has 158 valence electrons. The summed E-state index contributed by atoms with van der Waals surface area (Å²) < 4.78 is 13.8. The van der Waals surface area contributed by atoms with E-state index >= 15 is 0 Å². The van der Waals surface area contributed by atoms with Gasteiger partial charge in [0.15, 0.2) is 4.90 Å². The molecule has 5 heteroatoms. The van der Waals surface area contributed by atoms with Gasteiger partial charge in [0.2, 0.25) is 0 Å². The molecule has 0 saturated carbocycles. The smallest absolute Gasteiger partial charge is 0.327 e. The Kier molecular flexibility index (Phi) is 5.24. The van der Waals surface area contributed by atoms with E-state index in [-0.39, 0.29) is 0 Å². The van der Waals surface area contributed by atoms with Crippen LogP contribution in [-0.2, 0) is 11.2 Å². The lowest BCUT2D eigenvalue weighted by Crippen LogP contribution is -2.40. The van der Waals surface area contributed by atoms with Gasteiger partial charge >= 0.3 is 5.16 Å². The summed E-state index contributed by atoms with van der Waals surface area (Å²) in [4.78, 5) is 11.2. The number of para-hydroxylation sites is 1. The summed E-state index contributed by atoms with van der Waals surface area (Å²) in [5.41, 5.74) is 6.60. The molecule has 3 unspecified atom stereocenters. The predicted octanol–water partition coefficient (Wildman–Crippen LogP) is 5.79. The summed E-state index contributed by atoms with van der Waals surface area (Å²) in [6, 6.07) is 23.3. The van der Waals surface area contributed by atoms with Gasteiger partial charge in [0.05, 0.1) is 27.9 Å². The van der Waals surface area contributed by atoms with Crippen LogP contribution >= 0.6 is 0 Å². The van der Waals surface area contributed by atoms with E-state index in [1.54, 1.807) is 0 Å². The molecule has 1 aliphatic rings. The number of benzene rings is 3. The quantitative estimate of drug-likeness (QED) is 0.418. The summed E-state index contributed by atoms with van der Waals surface area (Å²) in [5.74, 6) is 0.296. The van der Waals surface area contributed by atoms with Crippen molar-refractivity contribution in [3.8, 4) is 0 Å². The third-order valence-electron chi connectivity index (χ3n) is 6.34. The Labute approximate surface area is 186 Å². The first kappa shape index (κ1) is 20.2. The number of anilines is 1. The van der Waals surface area contributed by atoms with Crippen molar-refractivity contribution in [2.24, 2.45) is 0 Å². The lowest BCUT2D eigenvalue weighted by molar-refractivity contribution is 0.525. The predicted molar refractivity (Wildman–Crippen MR) is 127 cm³/mol. The van der Waals surface area contributed by atoms with Gasteiger partial charge in [-0.2, -0.15) is 4.98 Å². The molecule has 4 aromatic rings. The molecule has 1 aliphatic heterocycles. The van der Waals surface area contributed by atoms with Crippen LogP contribution in [0.1, 0.15) is 42.9 Å². The van der Waals surface area contributed by atoms with Crippen LogP contribution in [-0.4, -0.2) is 27.1 Å². The number of aryl methyl sites for hydroxylation is 1. The zero-order valence-corrected chi connectivity index (χ0v) is 18.9. The number of hydrogen-bond acceptors (Lipinski definition) is 3. The molecule has 0 saturated heterocycles. The molecule has 0 spiro atoms. The number of H-pyrrole nitrogens is 1. The molecule has 4 nitrogen and oxygen atoms in total. The van der Waals surface area contributed by atoms with E-state index < -0.39 is 11.2 Å². The zero-order valence-electron chi connectivity index (χ0n) is 18.1. The molecule has 1 N–H and O–H groups in total. The zero-order chi connectivity index (χ0) is 21.5. The standard InChI is InChI=1S/C26H27N3OS/c1-4-29-18(3)16-21(19-9-6-5-7-10-19)20-11-8-12-24(25(20)29)31(30)26-27-22-14-13-17(2)15-23(22)28-26/h5-15,18,21H,4,16H2,1-3H3,(H,27,28). The Morgan fingerprint density at radius 3 is 2.68 bits per heavy atom. The van der Waals surface area contributed by atoms with Gasteiger partial charge in [0.25, 0.3) is 0 Å². The summed E-state index contributed by atoms with van der Waals surface area (Å²) in [5, 5.41) is 0.513. The van der Waals surface area contributed by atoms with Gasteiger partial charge in [-0.15, -0.1) is 0 Å². The second-order valence-electron chi connectivity index (χ2n) is 8.36. The minimum absolute atomic E-state index is 0.296. The van der Waals surface area contributed by atoms with Crippen molar-refractivity contribution in [2.45, 2.75) is 49.2 Å². The van der Waals surface area contributed by atoms with Crippen LogP contribution in [0.5, 0.6) is 0 Å². The van der Waals surface area contributed by atoms with E-state index in [0.717, 1.165) is 40.1 Å². The number of nitrogens with one attached hydrogen (secondary N) is 1. The van der Waals surface area contributed by atoms with Crippen LogP contribution in [0.3, 0.4) is 0 Å². The fourth-order valence-corrected chi connectivity index (χ4v) is 6.06. The number of hydrogen-bond donors (Lipinski definition) is 1. The van der Waals surface area contributed by atoms with Crippen molar-refractivity contribution in [1.82, 2.24) is 9.97 Å². The highest BCUT2D eigenvalue weighted by Crippen LogP contribution is 2.45. The molecule has 0 aliphatic carbocycles. The Morgan fingerprint density at radius 1 is 1.10 bits per heavy atom. The fourth-order valence-electron chi connectivity index (χ4n) is 4.86. The van der Waals surface area contributed by atoms with Crippen LogP contribution in [0.4, 0.5) is 5.69 Å². The normalized spacial score (nSPS) is 19.4. The van der Waals surface area contributed by atoms with E-state index in [1.807, 2.05) is 24.3 Å². The van der Waals surface area contributed by atoms with Crippen LogP contribution in [0.2, 0.25) is 0 Å². The Hall–Kier alpha value is -2.76. The minimum Gasteiger partial charge on any atom is -0.604 e. The molecule has 0 radical (unpaired) electrons. The molecule has 5 rings (SSSR count). The summed E-state index contributed by atoms with van der Waals surface area (Å²) in [6.07, 6.45) is 1.05. The van der Waals surface area contributed by atoms with Gasteiger partial charge in [-0.05, 0) is 62.1 Å². The molecule has 0 amide bonds. The van der Waals surface area contributed by atoms with Gasteiger partial charge in [-0.1, -0.05) is 48.5 Å². The monoisotopic (exact) mass is 429 g/mol. The van der Waals surface area contributed by atoms with E-state index in [0.29, 0.717) is 17.1 Å². The molecule has 31 heavy (non-hydrogen) atoms. The van der Waals surface area contributed by atoms with Crippen molar-refractivity contribution in [2.75, 3.05) is 11.4 Å². The van der Waals surface area contributed by atoms with Gasteiger partial charge in [-0.3, -0.25) is 4.98 Å². The maximum Gasteiger partial charge on any atom is 0.327 e. The van der Waals surface area contributed by atoms with Crippen molar-refractivity contribution < 1.29 is 4.55 Å². The van der Waals surface area contributed by atoms with E-state index in [9.17, 15) is 4.55 Å². The Balaban J connectivity index is 1.64. The van der Waals surface area contributed by atoms with Crippen LogP contribution < -0.4 is 4.90 Å². The molecule has 0 fully saturated rings. The number of rotatable bonds is 4. The highest BCUT2D eigenvalue weighted by molar-refractivity contribution is 7.91. The van der Waals surface area contributed by atoms with Crippen LogP contribution in [0.25, 0.3) is 11.0 Å². The Morgan fingerprint density at radius 2 is 1.90 bits per heavy atom. The minimum atomic E-state index is -1.39. The lowest BCUT2D eigenvalue weighted by Gasteiger charge is -2.41. The second-order valence-corrected chi connectivity index (χ2v) is 9.72. The van der Waals surface area contributed by atoms with Crippen LogP contribution in [0.15, 0.2) is 76.8 Å². The molecule has 0 bridgehead atoms. The molecule has 3 atom stereocenters. The maximum absolute atomic E-state index is 13.8. The first-order chi connectivity index (χ1) is 15.1. The SMILES string of the molecule is CCN1c2c(cccc2[S+]([O-])c2nc3ccc(C)cc3[nH]2)C(c2ccccc2)CC1C. The number of nitrogens with zero attached hydrogens (tertiary/aromatic N) is 2. The van der Waals surface area contributed by atoms with Crippen LogP contribution in [0, 0.1) is 6.92 Å². The molecular formula is C26H27N3OS. The Bertz CT molecular complexity index is 1220. The lowest BCUT2D eigenvalue weighted by atomic mass is 9.81. The topological polar surface area (TPSA) is 55.0 Å². The van der Waals surface area contributed by atoms with Gasteiger partial charge in [0, 0.05) is 18.5 Å². The van der Waals surface area contributed by atoms with Crippen molar-refractivity contribution in [3.63, 3.8) is 0 Å². The average molecular weight is 430 g/mol. The third kappa shape index (κ3) is 3.52. The third-order valence-corrected chi connectivity index (χ3v) is 7.61. The van der Waals surface area contributed by atoms with E-state index in [2.05, 4.69) is 78.1 Å². The highest BCUT2D eigenvalue weighted by Gasteiger charge is 2.36. The number of fused-ring (bicyclic) bond motifs is 2. The van der Waals surface area contributed by atoms with Crippen molar-refractivity contribution >= 4 is 27.9 Å². The highest BCUT2D eigenvalue weighted by atomic mass is 32.2. The fraction of sp³-hybridized carbons (Fsp3) is 0.269. The summed E-state index contributed by atoms with van der Waals surface area (Å²) >= 11 is -1.39. The first-order valence-corrected chi connectivity index (χ1v) is 12.0. The largest absolute Gasteiger partial charge is 0.604 e. The number of aromatic nitrogens is 2. The van der Waals surface area contributed by atoms with Gasteiger partial charge in [-0.25, -0.2) is 0 Å². The van der Waals surface area contributed by atoms with Gasteiger partial charge < -0.3 is 9.45 Å². The van der Waals surface area contributed by atoms with Crippen molar-refractivity contribution in [1.29, 1.82) is 0 Å². The molecule has 3 aromatic carbocycles. The number of aromatic amines is 1. The van der Waals surface area contributed by atoms with Gasteiger partial charge in [0.1, 0.15) is 0 Å². The molecule has 2 heterocycles. The summed E-state index contributed by atoms with van der Waals surface area (Å²) in [7, 11) is 0. The molecular weight excluding hydrogens is 402 g/mol. The molecule has 1 aromatic heterocycles. The number of imidazole rings is 1. The average Bonchev–Trinajstić information content (AvgIpc) is 3.21. The summed E-state index contributed by atoms with van der Waals surface area (Å²) in [6.45, 7) is 7.37. The van der Waals surface area contributed by atoms with E-state index in [1.165, 1.54) is 11.1 Å².